The molecule has 0 saturated carbocycles. The lowest BCUT2D eigenvalue weighted by atomic mass is 9.95. The van der Waals surface area contributed by atoms with E-state index in [4.69, 9.17) is 28.3 Å². The monoisotopic (exact) mass is 472 g/mol. The molecule has 156 valence electrons. The van der Waals surface area contributed by atoms with Gasteiger partial charge in [-0.3, -0.25) is 15.2 Å². The number of benzene rings is 1. The highest BCUT2D eigenvalue weighted by Gasteiger charge is 2.40. The second-order valence-corrected chi connectivity index (χ2v) is 8.99. The predicted octanol–water partition coefficient (Wildman–Crippen LogP) is 5.55. The molecule has 2 aromatic rings. The number of hydrogen-bond acceptors (Lipinski definition) is 5. The summed E-state index contributed by atoms with van der Waals surface area (Å²) in [5.41, 5.74) is 4.31. The Morgan fingerprint density at radius 1 is 1.21 bits per heavy atom. The van der Waals surface area contributed by atoms with Crippen LogP contribution in [-0.4, -0.2) is 29.7 Å². The largest absolute Gasteiger partial charge is 0.284 e. The molecule has 5 nitrogen and oxygen atoms in total. The number of piperidine rings is 1. The Bertz CT molecular complexity index is 884. The molecule has 0 unspecified atom stereocenters. The first-order valence-corrected chi connectivity index (χ1v) is 11.1. The molecule has 1 aromatic carbocycles. The zero-order chi connectivity index (χ0) is 19.7. The normalized spacial score (nSPS) is 22.2. The fourth-order valence-electron chi connectivity index (χ4n) is 3.79. The van der Waals surface area contributed by atoms with Crippen LogP contribution in [0, 0.1) is 5.92 Å². The first-order chi connectivity index (χ1) is 13.5. The Kier molecular flexibility index (Phi) is 7.46. The molecule has 0 bridgehead atoms. The van der Waals surface area contributed by atoms with Crippen LogP contribution >= 0.6 is 46.9 Å². The van der Waals surface area contributed by atoms with E-state index in [0.717, 1.165) is 36.5 Å². The van der Waals surface area contributed by atoms with E-state index >= 15 is 0 Å². The summed E-state index contributed by atoms with van der Waals surface area (Å²) in [6.07, 6.45) is 3.42. The number of nitrogens with zero attached hydrogens (tertiary/aromatic N) is 3. The lowest BCUT2D eigenvalue weighted by molar-refractivity contribution is -0.120. The summed E-state index contributed by atoms with van der Waals surface area (Å²) in [5, 5.41) is 11.7. The molecule has 1 saturated heterocycles. The van der Waals surface area contributed by atoms with Crippen molar-refractivity contribution in [2.75, 3.05) is 18.1 Å². The summed E-state index contributed by atoms with van der Waals surface area (Å²) in [6.45, 7) is 3.81. The Hall–Kier alpha value is -1.31. The van der Waals surface area contributed by atoms with Crippen LogP contribution in [0.2, 0.25) is 10.0 Å². The predicted molar refractivity (Wildman–Crippen MR) is 123 cm³/mol. The zero-order valence-electron chi connectivity index (χ0n) is 16.0. The maximum atomic E-state index is 13.0. The van der Waals surface area contributed by atoms with Gasteiger partial charge >= 0.3 is 0 Å². The van der Waals surface area contributed by atoms with Crippen molar-refractivity contribution in [2.24, 2.45) is 11.0 Å². The van der Waals surface area contributed by atoms with Crippen molar-refractivity contribution in [3.8, 4) is 0 Å². The number of nitrogens with one attached hydrogen (secondary N) is 1. The fourth-order valence-corrected chi connectivity index (χ4v) is 5.20. The van der Waals surface area contributed by atoms with Gasteiger partial charge in [0.05, 0.1) is 16.8 Å². The van der Waals surface area contributed by atoms with Gasteiger partial charge in [-0.25, -0.2) is 5.01 Å². The number of amides is 1. The molecule has 4 rings (SSSR count). The highest BCUT2D eigenvalue weighted by Crippen LogP contribution is 2.43. The average molecular weight is 474 g/mol. The number of thiophene rings is 1. The van der Waals surface area contributed by atoms with Crippen LogP contribution in [-0.2, 0) is 4.79 Å². The molecular formula is C20H23Cl3N4OS. The molecule has 2 aliphatic heterocycles. The Morgan fingerprint density at radius 3 is 2.62 bits per heavy atom. The third kappa shape index (κ3) is 4.72. The molecule has 29 heavy (non-hydrogen) atoms. The number of anilines is 1. The molecule has 3 heterocycles. The van der Waals surface area contributed by atoms with E-state index in [0.29, 0.717) is 15.8 Å². The van der Waals surface area contributed by atoms with Crippen LogP contribution in [0.3, 0.4) is 0 Å². The third-order valence-corrected chi connectivity index (χ3v) is 6.70. The number of hydrazine groups is 1. The van der Waals surface area contributed by atoms with Gasteiger partial charge in [-0.2, -0.15) is 5.10 Å². The summed E-state index contributed by atoms with van der Waals surface area (Å²) in [7, 11) is 0. The minimum atomic E-state index is -0.136. The van der Waals surface area contributed by atoms with Crippen LogP contribution in [0.25, 0.3) is 0 Å². The van der Waals surface area contributed by atoms with Gasteiger partial charge in [0.25, 0.3) is 5.91 Å². The van der Waals surface area contributed by atoms with Crippen molar-refractivity contribution in [1.29, 1.82) is 0 Å². The molecule has 9 heteroatoms. The van der Waals surface area contributed by atoms with Gasteiger partial charge in [0.2, 0.25) is 0 Å². The van der Waals surface area contributed by atoms with Crippen LogP contribution in [0.15, 0.2) is 40.8 Å². The van der Waals surface area contributed by atoms with Crippen molar-refractivity contribution >= 4 is 64.3 Å². The van der Waals surface area contributed by atoms with Gasteiger partial charge in [0.15, 0.2) is 0 Å². The summed E-state index contributed by atoms with van der Waals surface area (Å²) >= 11 is 14.2. The minimum Gasteiger partial charge on any atom is -0.284 e. The molecule has 1 N–H and O–H groups in total. The second kappa shape index (κ2) is 9.67. The Morgan fingerprint density at radius 2 is 1.97 bits per heavy atom. The molecule has 2 aliphatic rings. The van der Waals surface area contributed by atoms with Gasteiger partial charge in [0.1, 0.15) is 5.71 Å². The zero-order valence-corrected chi connectivity index (χ0v) is 19.1. The molecule has 0 spiro atoms. The van der Waals surface area contributed by atoms with Crippen molar-refractivity contribution in [2.45, 2.75) is 32.2 Å². The minimum absolute atomic E-state index is 0. The van der Waals surface area contributed by atoms with E-state index in [-0.39, 0.29) is 30.3 Å². The third-order valence-electron chi connectivity index (χ3n) is 5.22. The fraction of sp³-hybridized carbons (Fsp3) is 0.400. The van der Waals surface area contributed by atoms with Gasteiger partial charge in [-0.1, -0.05) is 42.6 Å². The van der Waals surface area contributed by atoms with Crippen LogP contribution < -0.4 is 10.4 Å². The summed E-state index contributed by atoms with van der Waals surface area (Å²) in [6, 6.07) is 9.35. The quantitative estimate of drug-likeness (QED) is 0.633. The molecule has 1 fully saturated rings. The summed E-state index contributed by atoms with van der Waals surface area (Å²) in [5.74, 6) is -0.210. The Balaban J connectivity index is 0.00000240. The number of hydrogen-bond donors (Lipinski definition) is 1. The number of carbonyl (C=O) groups is 1. The first kappa shape index (κ1) is 22.4. The van der Waals surface area contributed by atoms with E-state index < -0.39 is 0 Å². The van der Waals surface area contributed by atoms with Gasteiger partial charge in [0, 0.05) is 28.9 Å². The lowest BCUT2D eigenvalue weighted by Gasteiger charge is -2.27. The van der Waals surface area contributed by atoms with Crippen molar-refractivity contribution < 1.29 is 4.79 Å². The lowest BCUT2D eigenvalue weighted by Crippen LogP contribution is -2.48. The molecule has 1 amide bonds. The van der Waals surface area contributed by atoms with E-state index in [1.165, 1.54) is 6.42 Å². The van der Waals surface area contributed by atoms with Crippen molar-refractivity contribution in [1.82, 2.24) is 10.4 Å². The standard InChI is InChI=1S/C20H22Cl2N4OS.ClH/c1-13-18(20(27)24-25-9-3-2-4-10-25)23-26(19(13)17-6-5-11-28-17)16-8-7-14(21)12-15(16)22;/h5-8,11-13,19H,2-4,9-10H2,1H3,(H,24,27);1H/t13-,19+;/m1./s1. The number of halogens is 3. The summed E-state index contributed by atoms with van der Waals surface area (Å²) in [4.78, 5) is 14.1. The maximum Gasteiger partial charge on any atom is 0.282 e. The van der Waals surface area contributed by atoms with Crippen molar-refractivity contribution in [3.05, 3.63) is 50.6 Å². The molecule has 0 radical (unpaired) electrons. The second-order valence-electron chi connectivity index (χ2n) is 7.16. The van der Waals surface area contributed by atoms with Gasteiger partial charge < -0.3 is 0 Å². The summed E-state index contributed by atoms with van der Waals surface area (Å²) < 4.78 is 0. The number of rotatable bonds is 4. The van der Waals surface area contributed by atoms with E-state index in [1.807, 2.05) is 34.5 Å². The van der Waals surface area contributed by atoms with Gasteiger partial charge in [-0.15, -0.1) is 23.7 Å². The molecule has 2 atom stereocenters. The van der Waals surface area contributed by atoms with E-state index in [1.54, 1.807) is 23.5 Å². The topological polar surface area (TPSA) is 47.9 Å². The van der Waals surface area contributed by atoms with Crippen LogP contribution in [0.5, 0.6) is 0 Å². The highest BCUT2D eigenvalue weighted by atomic mass is 35.5. The SMILES string of the molecule is C[C@@H]1C(C(=O)NN2CCCCC2)=NN(c2ccc(Cl)cc2Cl)[C@@H]1c1cccs1.Cl. The van der Waals surface area contributed by atoms with Crippen LogP contribution in [0.1, 0.15) is 37.1 Å². The maximum absolute atomic E-state index is 13.0. The smallest absolute Gasteiger partial charge is 0.282 e. The molecule has 1 aromatic heterocycles. The average Bonchev–Trinajstić information content (AvgIpc) is 3.30. The van der Waals surface area contributed by atoms with Crippen molar-refractivity contribution in [3.63, 3.8) is 0 Å². The number of carbonyl (C=O) groups excluding carboxylic acids is 1. The number of hydrazone groups is 1. The van der Waals surface area contributed by atoms with Gasteiger partial charge in [-0.05, 0) is 42.5 Å². The van der Waals surface area contributed by atoms with E-state index in [9.17, 15) is 4.79 Å². The molecular weight excluding hydrogens is 451 g/mol. The first-order valence-electron chi connectivity index (χ1n) is 9.46. The molecule has 0 aliphatic carbocycles. The Labute approximate surface area is 191 Å². The highest BCUT2D eigenvalue weighted by molar-refractivity contribution is 7.10. The van der Waals surface area contributed by atoms with Crippen LogP contribution in [0.4, 0.5) is 5.69 Å². The van der Waals surface area contributed by atoms with E-state index in [2.05, 4.69) is 11.5 Å².